The van der Waals surface area contributed by atoms with Crippen molar-refractivity contribution >= 4 is 62.2 Å². The van der Waals surface area contributed by atoms with Crippen LogP contribution in [-0.4, -0.2) is 5.49 Å². The Labute approximate surface area is 229 Å². The smallest absolute Gasteiger partial charge is 0.0809 e. The molecule has 0 saturated heterocycles. The van der Waals surface area contributed by atoms with E-state index in [0.717, 1.165) is 0 Å². The molecule has 6 rings (SSSR count). The minimum atomic E-state index is -0.406. The molecule has 34 heavy (non-hydrogen) atoms. The summed E-state index contributed by atoms with van der Waals surface area (Å²) in [5.41, 5.74) is -0.406. The molecule has 0 saturated carbocycles. The van der Waals surface area contributed by atoms with Gasteiger partial charge in [0.15, 0.2) is 0 Å². The fourth-order valence-electron chi connectivity index (χ4n) is 3.52. The summed E-state index contributed by atoms with van der Waals surface area (Å²) in [5, 5.41) is 8.40. The Balaban J connectivity index is 0.000000181. The van der Waals surface area contributed by atoms with Crippen LogP contribution in [-0.2, 0) is 23.0 Å². The molecule has 0 aliphatic rings. The van der Waals surface area contributed by atoms with Crippen LogP contribution in [0.1, 0.15) is 0 Å². The first kappa shape index (κ1) is 28.0. The third-order valence-corrected chi connectivity index (χ3v) is 13.3. The van der Waals surface area contributed by atoms with Crippen molar-refractivity contribution in [1.82, 2.24) is 0 Å². The summed E-state index contributed by atoms with van der Waals surface area (Å²) < 4.78 is 0. The van der Waals surface area contributed by atoms with Crippen molar-refractivity contribution in [3.63, 3.8) is 0 Å². The molecule has 4 heteroatoms. The molecule has 0 N–H and O–H groups in total. The second-order valence-electron chi connectivity index (χ2n) is 7.42. The van der Waals surface area contributed by atoms with Gasteiger partial charge in [-0.05, 0) is 0 Å². The van der Waals surface area contributed by atoms with Crippen LogP contribution < -0.4 is 10.4 Å². The van der Waals surface area contributed by atoms with Gasteiger partial charge in [-0.2, -0.15) is 35.0 Å². The van der Waals surface area contributed by atoms with Crippen molar-refractivity contribution in [2.45, 2.75) is 0 Å². The Morgan fingerprint density at radius 2 is 0.794 bits per heavy atom. The van der Waals surface area contributed by atoms with E-state index in [2.05, 4.69) is 146 Å². The maximum Gasteiger partial charge on any atom is -0.0809 e. The van der Waals surface area contributed by atoms with Gasteiger partial charge in [0, 0.05) is 0 Å². The quantitative estimate of drug-likeness (QED) is 0.135. The number of hydrogen-bond donors (Lipinski definition) is 0. The van der Waals surface area contributed by atoms with Crippen LogP contribution in [0, 0.1) is 0 Å². The van der Waals surface area contributed by atoms with E-state index < -0.39 is 5.49 Å². The summed E-state index contributed by atoms with van der Waals surface area (Å²) in [7, 11) is 0. The first-order valence-corrected chi connectivity index (χ1v) is 17.6. The van der Waals surface area contributed by atoms with E-state index in [1.54, 1.807) is 0 Å². The Bertz CT molecular complexity index is 1220. The molecule has 0 nitrogen and oxygen atoms in total. The third-order valence-electron chi connectivity index (χ3n) is 5.22. The fourth-order valence-corrected chi connectivity index (χ4v) is 8.49. The minimum Gasteiger partial charge on any atom is -0.168 e. The number of benzene rings is 4. The van der Waals surface area contributed by atoms with Gasteiger partial charge < -0.3 is 0 Å². The molecular formula is C30H26Cl2HfSi. The molecule has 0 atom stereocenters. The molecule has 0 radical (unpaired) electrons. The zero-order valence-electron chi connectivity index (χ0n) is 18.7. The maximum absolute atomic E-state index is 2.26. The van der Waals surface area contributed by atoms with E-state index in [-0.39, 0.29) is 24.8 Å². The van der Waals surface area contributed by atoms with Gasteiger partial charge in [0.05, 0.1) is 0 Å². The summed E-state index contributed by atoms with van der Waals surface area (Å²) >= 11 is 1.27. The van der Waals surface area contributed by atoms with E-state index in [9.17, 15) is 0 Å². The van der Waals surface area contributed by atoms with E-state index in [1.807, 2.05) is 0 Å². The van der Waals surface area contributed by atoms with Gasteiger partial charge in [0.1, 0.15) is 0 Å². The topological polar surface area (TPSA) is 0 Å². The van der Waals surface area contributed by atoms with Crippen LogP contribution in [0.15, 0.2) is 146 Å². The van der Waals surface area contributed by atoms with Crippen LogP contribution >= 0.6 is 24.8 Å². The molecule has 0 aliphatic carbocycles. The van der Waals surface area contributed by atoms with Gasteiger partial charge in [-0.3, -0.25) is 0 Å². The molecule has 0 unspecified atom stereocenters. The van der Waals surface area contributed by atoms with Gasteiger partial charge in [-0.15, -0.1) is 84.1 Å². The zero-order chi connectivity index (χ0) is 22.0. The largest absolute Gasteiger partial charge is 0.168 e. The minimum absolute atomic E-state index is 0. The van der Waals surface area contributed by atoms with Crippen LogP contribution in [0.25, 0.3) is 21.5 Å². The Morgan fingerprint density at radius 1 is 0.441 bits per heavy atom. The number of hydrogen-bond acceptors (Lipinski definition) is 0. The molecule has 0 heterocycles. The first-order valence-electron chi connectivity index (χ1n) is 10.7. The van der Waals surface area contributed by atoms with Gasteiger partial charge in [-0.25, -0.2) is 0 Å². The second kappa shape index (κ2) is 14.9. The SMILES string of the molecule is Cl.Cl.[Hf+2]=[Si](c1ccccc1)c1ccccc1.c1ccc2[cH-]ccc2c1.c1ccc2[cH-]ccc2c1. The van der Waals surface area contributed by atoms with E-state index in [4.69, 9.17) is 0 Å². The predicted octanol–water partition coefficient (Wildman–Crippen LogP) is 7.30. The number of rotatable bonds is 2. The van der Waals surface area contributed by atoms with Crippen molar-refractivity contribution in [3.8, 4) is 0 Å². The summed E-state index contributed by atoms with van der Waals surface area (Å²) in [6.45, 7) is 0. The molecule has 6 aromatic carbocycles. The summed E-state index contributed by atoms with van der Waals surface area (Å²) in [5.74, 6) is 0. The maximum atomic E-state index is 2.26. The molecule has 0 spiro atoms. The fraction of sp³-hybridized carbons (Fsp3) is 0. The van der Waals surface area contributed by atoms with Crippen molar-refractivity contribution in [1.29, 1.82) is 0 Å². The Hall–Kier alpha value is -2.23. The average molecular weight is 664 g/mol. The van der Waals surface area contributed by atoms with E-state index >= 15 is 0 Å². The molecule has 0 aromatic heterocycles. The van der Waals surface area contributed by atoms with Crippen molar-refractivity contribution in [3.05, 3.63) is 146 Å². The summed E-state index contributed by atoms with van der Waals surface area (Å²) in [6, 6.07) is 51.1. The zero-order valence-corrected chi connectivity index (χ0v) is 24.9. The van der Waals surface area contributed by atoms with Crippen LogP contribution in [0.2, 0.25) is 0 Å². The molecule has 0 aliphatic heterocycles. The van der Waals surface area contributed by atoms with E-state index in [0.29, 0.717) is 0 Å². The molecule has 0 amide bonds. The van der Waals surface area contributed by atoms with Crippen molar-refractivity contribution in [2.75, 3.05) is 0 Å². The van der Waals surface area contributed by atoms with Gasteiger partial charge in [-0.1, -0.05) is 12.1 Å². The third kappa shape index (κ3) is 7.92. The monoisotopic (exact) mass is 664 g/mol. The Kier molecular flexibility index (Phi) is 12.3. The summed E-state index contributed by atoms with van der Waals surface area (Å²) in [6.07, 6.45) is 0. The van der Waals surface area contributed by atoms with Gasteiger partial charge >= 0.3 is 99.5 Å². The van der Waals surface area contributed by atoms with E-state index in [1.165, 1.54) is 54.9 Å². The molecule has 0 fully saturated rings. The van der Waals surface area contributed by atoms with Gasteiger partial charge in [0.25, 0.3) is 0 Å². The van der Waals surface area contributed by atoms with Crippen molar-refractivity contribution in [2.24, 2.45) is 0 Å². The van der Waals surface area contributed by atoms with Crippen molar-refractivity contribution < 1.29 is 23.0 Å². The molecular weight excluding hydrogens is 638 g/mol. The van der Waals surface area contributed by atoms with Crippen LogP contribution in [0.5, 0.6) is 0 Å². The van der Waals surface area contributed by atoms with Crippen LogP contribution in [0.3, 0.4) is 0 Å². The Morgan fingerprint density at radius 3 is 1.18 bits per heavy atom. The first-order chi connectivity index (χ1) is 15.8. The predicted molar refractivity (Wildman–Crippen MR) is 151 cm³/mol. The molecule has 0 bridgehead atoms. The summed E-state index contributed by atoms with van der Waals surface area (Å²) in [4.78, 5) is 0. The average Bonchev–Trinajstić information content (AvgIpc) is 3.55. The second-order valence-corrected chi connectivity index (χ2v) is 14.7. The normalized spacial score (nSPS) is 9.47. The standard InChI is InChI=1S/C12H10Si.2C9H7.2ClH.Hf/c1-3-7-11(8-4-1)13-12-9-5-2-6-10-12;2*1-2-5-9-7-3-6-8(9)4-1;;;/h1-10H;2*1-7H;2*1H;/q;2*-1;;;+2. The molecule has 6 aromatic rings. The number of halogens is 2. The number of fused-ring (bicyclic) bond motifs is 2. The van der Waals surface area contributed by atoms with Gasteiger partial charge in [0.2, 0.25) is 0 Å². The molecule has 168 valence electrons. The van der Waals surface area contributed by atoms with Crippen LogP contribution in [0.4, 0.5) is 0 Å².